The van der Waals surface area contributed by atoms with Crippen LogP contribution in [0.2, 0.25) is 0 Å². The van der Waals surface area contributed by atoms with Crippen LogP contribution in [-0.4, -0.2) is 29.9 Å². The summed E-state index contributed by atoms with van der Waals surface area (Å²) in [6, 6.07) is 17.8. The summed E-state index contributed by atoms with van der Waals surface area (Å²) in [6.07, 6.45) is 3.76. The summed E-state index contributed by atoms with van der Waals surface area (Å²) in [5, 5.41) is 19.0. The fourth-order valence-electron chi connectivity index (χ4n) is 3.65. The fraction of sp³-hybridized carbons (Fsp3) is 0.0870. The lowest BCUT2D eigenvalue weighted by molar-refractivity contribution is 0.650. The molecule has 5 rings (SSSR count). The first-order valence-electron chi connectivity index (χ1n) is 9.72. The van der Waals surface area contributed by atoms with Crippen LogP contribution in [0.1, 0.15) is 16.7 Å². The maximum absolute atomic E-state index is 9.32. The van der Waals surface area contributed by atoms with Crippen molar-refractivity contribution in [2.24, 2.45) is 0 Å². The largest absolute Gasteiger partial charge is 0.368 e. The molecule has 31 heavy (non-hydrogen) atoms. The molecular formula is C23H18N8. The Morgan fingerprint density at radius 1 is 1.06 bits per heavy atom. The van der Waals surface area contributed by atoms with Gasteiger partial charge in [0.05, 0.1) is 35.8 Å². The van der Waals surface area contributed by atoms with Crippen molar-refractivity contribution in [1.29, 1.82) is 5.26 Å². The molecule has 0 aliphatic rings. The number of hydrogen-bond donors (Lipinski definition) is 2. The summed E-state index contributed by atoms with van der Waals surface area (Å²) in [4.78, 5) is 11.9. The van der Waals surface area contributed by atoms with Gasteiger partial charge in [-0.2, -0.15) is 5.26 Å². The smallest absolute Gasteiger partial charge is 0.221 e. The first-order valence-corrected chi connectivity index (χ1v) is 9.72. The Bertz CT molecular complexity index is 1450. The molecule has 2 aromatic carbocycles. The Morgan fingerprint density at radius 3 is 2.81 bits per heavy atom. The molecule has 8 nitrogen and oxygen atoms in total. The average molecular weight is 406 g/mol. The van der Waals surface area contributed by atoms with Crippen molar-refractivity contribution in [2.75, 3.05) is 5.73 Å². The van der Waals surface area contributed by atoms with Crippen LogP contribution < -0.4 is 5.73 Å². The number of aromatic nitrogens is 6. The number of H-pyrrole nitrogens is 1. The standard InChI is InChI=1S/C23H18N8/c1-14-17(11-24)3-2-4-18(14)20-10-21(28-23(25)27-20)22-13-31(30-29-22)12-15-5-6-19-16(9-15)7-8-26-19/h2-10,13,26H,12H2,1H3,(H2,25,27,28). The Kier molecular flexibility index (Phi) is 4.41. The number of rotatable bonds is 4. The molecule has 0 saturated heterocycles. The van der Waals surface area contributed by atoms with E-state index < -0.39 is 0 Å². The predicted octanol–water partition coefficient (Wildman–Crippen LogP) is 3.69. The van der Waals surface area contributed by atoms with Gasteiger partial charge >= 0.3 is 0 Å². The van der Waals surface area contributed by atoms with Crippen LogP contribution in [0, 0.1) is 18.3 Å². The molecule has 150 valence electrons. The van der Waals surface area contributed by atoms with E-state index in [4.69, 9.17) is 5.73 Å². The lowest BCUT2D eigenvalue weighted by Gasteiger charge is -2.08. The van der Waals surface area contributed by atoms with Crippen molar-refractivity contribution < 1.29 is 0 Å². The third kappa shape index (κ3) is 3.49. The molecular weight excluding hydrogens is 388 g/mol. The van der Waals surface area contributed by atoms with Crippen molar-refractivity contribution in [3.63, 3.8) is 0 Å². The zero-order valence-corrected chi connectivity index (χ0v) is 16.7. The van der Waals surface area contributed by atoms with Crippen LogP contribution in [0.25, 0.3) is 33.5 Å². The maximum Gasteiger partial charge on any atom is 0.221 e. The second-order valence-corrected chi connectivity index (χ2v) is 7.29. The van der Waals surface area contributed by atoms with Crippen molar-refractivity contribution in [2.45, 2.75) is 13.5 Å². The van der Waals surface area contributed by atoms with Gasteiger partial charge in [-0.05, 0) is 53.8 Å². The zero-order chi connectivity index (χ0) is 21.4. The van der Waals surface area contributed by atoms with Gasteiger partial charge in [0.25, 0.3) is 0 Å². The van der Waals surface area contributed by atoms with Gasteiger partial charge in [-0.3, -0.25) is 0 Å². The van der Waals surface area contributed by atoms with E-state index in [-0.39, 0.29) is 5.95 Å². The third-order valence-corrected chi connectivity index (χ3v) is 5.24. The van der Waals surface area contributed by atoms with E-state index in [1.165, 1.54) is 0 Å². The predicted molar refractivity (Wildman–Crippen MR) is 118 cm³/mol. The summed E-state index contributed by atoms with van der Waals surface area (Å²) in [5.41, 5.74) is 12.3. The van der Waals surface area contributed by atoms with E-state index in [0.29, 0.717) is 29.2 Å². The molecule has 5 aromatic rings. The van der Waals surface area contributed by atoms with Crippen molar-refractivity contribution in [1.82, 2.24) is 29.9 Å². The van der Waals surface area contributed by atoms with Crippen LogP contribution in [-0.2, 0) is 6.54 Å². The highest BCUT2D eigenvalue weighted by molar-refractivity contribution is 5.80. The number of nitriles is 1. The van der Waals surface area contributed by atoms with Gasteiger partial charge < -0.3 is 10.7 Å². The second-order valence-electron chi connectivity index (χ2n) is 7.29. The highest BCUT2D eigenvalue weighted by Crippen LogP contribution is 2.27. The lowest BCUT2D eigenvalue weighted by Crippen LogP contribution is -2.00. The van der Waals surface area contributed by atoms with E-state index in [2.05, 4.69) is 49.5 Å². The number of anilines is 1. The van der Waals surface area contributed by atoms with E-state index >= 15 is 0 Å². The molecule has 0 aliphatic carbocycles. The highest BCUT2D eigenvalue weighted by atomic mass is 15.4. The van der Waals surface area contributed by atoms with E-state index in [1.54, 1.807) is 10.7 Å². The lowest BCUT2D eigenvalue weighted by atomic mass is 10.00. The molecule has 0 fully saturated rings. The minimum atomic E-state index is 0.140. The first-order chi connectivity index (χ1) is 15.1. The molecule has 0 spiro atoms. The van der Waals surface area contributed by atoms with Gasteiger partial charge in [-0.15, -0.1) is 5.10 Å². The molecule has 0 amide bonds. The summed E-state index contributed by atoms with van der Waals surface area (Å²) in [6.45, 7) is 2.48. The molecule has 3 heterocycles. The van der Waals surface area contributed by atoms with Crippen LogP contribution in [0.5, 0.6) is 0 Å². The summed E-state index contributed by atoms with van der Waals surface area (Å²) in [5.74, 6) is 0.140. The minimum absolute atomic E-state index is 0.140. The molecule has 0 unspecified atom stereocenters. The minimum Gasteiger partial charge on any atom is -0.368 e. The molecule has 3 N–H and O–H groups in total. The third-order valence-electron chi connectivity index (χ3n) is 5.24. The van der Waals surface area contributed by atoms with Crippen LogP contribution in [0.4, 0.5) is 5.95 Å². The van der Waals surface area contributed by atoms with E-state index in [9.17, 15) is 5.26 Å². The molecule has 0 saturated carbocycles. The number of nitrogen functional groups attached to an aromatic ring is 1. The van der Waals surface area contributed by atoms with Gasteiger partial charge in [-0.25, -0.2) is 14.6 Å². The molecule has 0 aliphatic heterocycles. The van der Waals surface area contributed by atoms with Crippen molar-refractivity contribution in [3.05, 3.63) is 77.6 Å². The zero-order valence-electron chi connectivity index (χ0n) is 16.7. The number of nitrogens with zero attached hydrogens (tertiary/aromatic N) is 6. The Balaban J connectivity index is 1.47. The monoisotopic (exact) mass is 406 g/mol. The summed E-state index contributed by atoms with van der Waals surface area (Å²) < 4.78 is 1.77. The summed E-state index contributed by atoms with van der Waals surface area (Å²) in [7, 11) is 0. The number of aromatic amines is 1. The van der Waals surface area contributed by atoms with E-state index in [0.717, 1.165) is 27.6 Å². The van der Waals surface area contributed by atoms with Gasteiger partial charge in [0.2, 0.25) is 5.95 Å². The van der Waals surface area contributed by atoms with Crippen molar-refractivity contribution >= 4 is 16.9 Å². The molecule has 0 bridgehead atoms. The molecule has 8 heteroatoms. The van der Waals surface area contributed by atoms with Gasteiger partial charge in [0, 0.05) is 17.3 Å². The van der Waals surface area contributed by atoms with Gasteiger partial charge in [-0.1, -0.05) is 23.4 Å². The number of nitrogens with two attached hydrogens (primary N) is 1. The molecule has 0 atom stereocenters. The number of fused-ring (bicyclic) bond motifs is 1. The fourth-order valence-corrected chi connectivity index (χ4v) is 3.65. The quantitative estimate of drug-likeness (QED) is 0.469. The Morgan fingerprint density at radius 2 is 1.94 bits per heavy atom. The van der Waals surface area contributed by atoms with Crippen LogP contribution in [0.3, 0.4) is 0 Å². The Labute approximate surface area is 178 Å². The average Bonchev–Trinajstić information content (AvgIpc) is 3.43. The van der Waals surface area contributed by atoms with Crippen LogP contribution in [0.15, 0.2) is 60.9 Å². The van der Waals surface area contributed by atoms with Crippen molar-refractivity contribution in [3.8, 4) is 28.7 Å². The Hall–Kier alpha value is -4.51. The normalized spacial score (nSPS) is 11.0. The molecule has 0 radical (unpaired) electrons. The maximum atomic E-state index is 9.32. The van der Waals surface area contributed by atoms with Gasteiger partial charge in [0.1, 0.15) is 5.69 Å². The van der Waals surface area contributed by atoms with Gasteiger partial charge in [0.15, 0.2) is 0 Å². The second kappa shape index (κ2) is 7.39. The van der Waals surface area contributed by atoms with E-state index in [1.807, 2.05) is 43.6 Å². The first kappa shape index (κ1) is 18.5. The van der Waals surface area contributed by atoms with Crippen LogP contribution >= 0.6 is 0 Å². The highest BCUT2D eigenvalue weighted by Gasteiger charge is 2.13. The number of hydrogen-bond acceptors (Lipinski definition) is 6. The number of benzene rings is 2. The summed E-state index contributed by atoms with van der Waals surface area (Å²) >= 11 is 0. The SMILES string of the molecule is Cc1c(C#N)cccc1-c1cc(-c2cn(Cc3ccc4[nH]ccc4c3)nn2)nc(N)n1. The topological polar surface area (TPSA) is 122 Å². The number of nitrogens with one attached hydrogen (secondary N) is 1. The molecule has 3 aromatic heterocycles.